The van der Waals surface area contributed by atoms with E-state index in [1.54, 1.807) is 0 Å². The minimum absolute atomic E-state index is 0.0799. The van der Waals surface area contributed by atoms with Crippen LogP contribution < -0.4 is 0 Å². The normalized spacial score (nSPS) is 13.5. The number of carboxylic acids is 1. The number of aliphatic hydroxyl groups excluding tert-OH is 1. The van der Waals surface area contributed by atoms with Crippen LogP contribution >= 0.6 is 0 Å². The molecular weight excluding hydrogens is 144 g/mol. The third-order valence-corrected chi connectivity index (χ3v) is 1.80. The van der Waals surface area contributed by atoms with Gasteiger partial charge in [0.15, 0.2) is 0 Å². The number of aliphatic carboxylic acids is 1. The van der Waals surface area contributed by atoms with Gasteiger partial charge in [0.1, 0.15) is 0 Å². The second kappa shape index (κ2) is 5.13. The standard InChI is InChI=1S/C8H16O3/c1-6(2)7(8(10)11)4-3-5-9/h6-7,9H,3-5H2,1-2H3,(H,10,11). The molecule has 0 aliphatic heterocycles. The minimum atomic E-state index is -0.756. The number of aliphatic hydroxyl groups is 1. The molecule has 0 saturated heterocycles. The van der Waals surface area contributed by atoms with Crippen LogP contribution in [0, 0.1) is 11.8 Å². The molecule has 0 spiro atoms. The van der Waals surface area contributed by atoms with E-state index in [1.165, 1.54) is 0 Å². The minimum Gasteiger partial charge on any atom is -0.481 e. The van der Waals surface area contributed by atoms with E-state index >= 15 is 0 Å². The number of carbonyl (C=O) groups is 1. The molecular formula is C8H16O3. The monoisotopic (exact) mass is 160 g/mol. The summed E-state index contributed by atoms with van der Waals surface area (Å²) in [4.78, 5) is 10.6. The second-order valence-corrected chi connectivity index (χ2v) is 3.05. The number of hydrogen-bond acceptors (Lipinski definition) is 2. The lowest BCUT2D eigenvalue weighted by atomic mass is 9.91. The summed E-state index contributed by atoms with van der Waals surface area (Å²) in [6.07, 6.45) is 1.15. The van der Waals surface area contributed by atoms with Gasteiger partial charge in [-0.1, -0.05) is 13.8 Å². The smallest absolute Gasteiger partial charge is 0.306 e. The van der Waals surface area contributed by atoms with Crippen LogP contribution in [-0.2, 0) is 4.79 Å². The third-order valence-electron chi connectivity index (χ3n) is 1.80. The topological polar surface area (TPSA) is 57.5 Å². The molecule has 0 bridgehead atoms. The van der Waals surface area contributed by atoms with E-state index in [1.807, 2.05) is 13.8 Å². The molecule has 0 aromatic carbocycles. The highest BCUT2D eigenvalue weighted by molar-refractivity contribution is 5.70. The fourth-order valence-corrected chi connectivity index (χ4v) is 1.05. The molecule has 1 unspecified atom stereocenters. The SMILES string of the molecule is CC(C)C(CCCO)C(=O)O. The van der Waals surface area contributed by atoms with Crippen molar-refractivity contribution in [3.8, 4) is 0 Å². The van der Waals surface area contributed by atoms with Crippen LogP contribution in [0.2, 0.25) is 0 Å². The zero-order chi connectivity index (χ0) is 8.85. The average molecular weight is 160 g/mol. The van der Waals surface area contributed by atoms with Crippen molar-refractivity contribution in [1.29, 1.82) is 0 Å². The molecule has 0 heterocycles. The van der Waals surface area contributed by atoms with Gasteiger partial charge in [0.25, 0.3) is 0 Å². The Balaban J connectivity index is 3.80. The molecule has 0 aliphatic rings. The molecule has 0 aromatic heterocycles. The molecule has 1 atom stereocenters. The van der Waals surface area contributed by atoms with Gasteiger partial charge in [-0.3, -0.25) is 4.79 Å². The first-order chi connectivity index (χ1) is 5.09. The maximum atomic E-state index is 10.6. The van der Waals surface area contributed by atoms with E-state index in [4.69, 9.17) is 10.2 Å². The molecule has 3 nitrogen and oxygen atoms in total. The van der Waals surface area contributed by atoms with Crippen LogP contribution in [0.25, 0.3) is 0 Å². The van der Waals surface area contributed by atoms with Gasteiger partial charge >= 0.3 is 5.97 Å². The molecule has 66 valence electrons. The maximum absolute atomic E-state index is 10.6. The lowest BCUT2D eigenvalue weighted by molar-refractivity contribution is -0.143. The summed E-state index contributed by atoms with van der Waals surface area (Å²) in [6.45, 7) is 3.85. The number of rotatable bonds is 5. The summed E-state index contributed by atoms with van der Waals surface area (Å²) >= 11 is 0. The Morgan fingerprint density at radius 2 is 2.00 bits per heavy atom. The Bertz CT molecular complexity index is 121. The predicted molar refractivity (Wildman–Crippen MR) is 42.3 cm³/mol. The average Bonchev–Trinajstić information content (AvgIpc) is 1.87. The Hall–Kier alpha value is -0.570. The van der Waals surface area contributed by atoms with Gasteiger partial charge in [0.2, 0.25) is 0 Å². The van der Waals surface area contributed by atoms with Gasteiger partial charge in [-0.05, 0) is 18.8 Å². The Labute approximate surface area is 67.0 Å². The van der Waals surface area contributed by atoms with E-state index < -0.39 is 5.97 Å². The van der Waals surface area contributed by atoms with E-state index in [2.05, 4.69) is 0 Å². The number of hydrogen-bond donors (Lipinski definition) is 2. The largest absolute Gasteiger partial charge is 0.481 e. The van der Waals surface area contributed by atoms with Crippen molar-refractivity contribution < 1.29 is 15.0 Å². The fraction of sp³-hybridized carbons (Fsp3) is 0.875. The summed E-state index contributed by atoms with van der Waals surface area (Å²) in [6, 6.07) is 0. The highest BCUT2D eigenvalue weighted by atomic mass is 16.4. The molecule has 3 heteroatoms. The van der Waals surface area contributed by atoms with E-state index in [0.717, 1.165) is 0 Å². The lowest BCUT2D eigenvalue weighted by Crippen LogP contribution is -2.19. The third kappa shape index (κ3) is 3.98. The Kier molecular flexibility index (Phi) is 4.86. The van der Waals surface area contributed by atoms with E-state index in [9.17, 15) is 4.79 Å². The van der Waals surface area contributed by atoms with Crippen molar-refractivity contribution in [3.05, 3.63) is 0 Å². The van der Waals surface area contributed by atoms with Gasteiger partial charge < -0.3 is 10.2 Å². The first kappa shape index (κ1) is 10.4. The number of carboxylic acid groups (broad SMARTS) is 1. The van der Waals surface area contributed by atoms with Crippen molar-refractivity contribution in [2.75, 3.05) is 6.61 Å². The summed E-state index contributed by atoms with van der Waals surface area (Å²) in [7, 11) is 0. The predicted octanol–water partition coefficient (Wildman–Crippen LogP) is 1.12. The molecule has 0 fully saturated rings. The van der Waals surface area contributed by atoms with Crippen LogP contribution in [0.15, 0.2) is 0 Å². The first-order valence-electron chi connectivity index (χ1n) is 3.93. The van der Waals surface area contributed by atoms with Crippen LogP contribution in [0.4, 0.5) is 0 Å². The first-order valence-corrected chi connectivity index (χ1v) is 3.93. The second-order valence-electron chi connectivity index (χ2n) is 3.05. The van der Waals surface area contributed by atoms with Crippen molar-refractivity contribution in [2.45, 2.75) is 26.7 Å². The van der Waals surface area contributed by atoms with Gasteiger partial charge in [-0.25, -0.2) is 0 Å². The lowest BCUT2D eigenvalue weighted by Gasteiger charge is -2.14. The van der Waals surface area contributed by atoms with Crippen molar-refractivity contribution >= 4 is 5.97 Å². The van der Waals surface area contributed by atoms with E-state index in [0.29, 0.717) is 12.8 Å². The van der Waals surface area contributed by atoms with Crippen LogP contribution in [0.3, 0.4) is 0 Å². The van der Waals surface area contributed by atoms with Gasteiger partial charge in [0, 0.05) is 6.61 Å². The highest BCUT2D eigenvalue weighted by Crippen LogP contribution is 2.16. The summed E-state index contributed by atoms with van der Waals surface area (Å²) in [5.74, 6) is -0.908. The molecule has 0 amide bonds. The molecule has 0 radical (unpaired) electrons. The molecule has 0 saturated carbocycles. The summed E-state index contributed by atoms with van der Waals surface area (Å²) in [5, 5.41) is 17.2. The highest BCUT2D eigenvalue weighted by Gasteiger charge is 2.20. The van der Waals surface area contributed by atoms with Crippen LogP contribution in [0.1, 0.15) is 26.7 Å². The molecule has 2 N–H and O–H groups in total. The van der Waals surface area contributed by atoms with Gasteiger partial charge in [-0.15, -0.1) is 0 Å². The van der Waals surface area contributed by atoms with Crippen LogP contribution in [-0.4, -0.2) is 22.8 Å². The van der Waals surface area contributed by atoms with E-state index in [-0.39, 0.29) is 18.4 Å². The molecule has 0 aliphatic carbocycles. The molecule has 0 rings (SSSR count). The Morgan fingerprint density at radius 1 is 1.45 bits per heavy atom. The molecule has 0 aromatic rings. The fourth-order valence-electron chi connectivity index (χ4n) is 1.05. The van der Waals surface area contributed by atoms with Crippen LogP contribution in [0.5, 0.6) is 0 Å². The van der Waals surface area contributed by atoms with Gasteiger partial charge in [-0.2, -0.15) is 0 Å². The zero-order valence-corrected chi connectivity index (χ0v) is 7.08. The molecule has 11 heavy (non-hydrogen) atoms. The maximum Gasteiger partial charge on any atom is 0.306 e. The quantitative estimate of drug-likeness (QED) is 0.633. The summed E-state index contributed by atoms with van der Waals surface area (Å²) in [5.41, 5.74) is 0. The van der Waals surface area contributed by atoms with Crippen molar-refractivity contribution in [2.24, 2.45) is 11.8 Å². The van der Waals surface area contributed by atoms with Gasteiger partial charge in [0.05, 0.1) is 5.92 Å². The van der Waals surface area contributed by atoms with Crippen molar-refractivity contribution in [3.63, 3.8) is 0 Å². The zero-order valence-electron chi connectivity index (χ0n) is 7.08. The Morgan fingerprint density at radius 3 is 2.27 bits per heavy atom. The summed E-state index contributed by atoms with van der Waals surface area (Å²) < 4.78 is 0. The van der Waals surface area contributed by atoms with Crippen molar-refractivity contribution in [1.82, 2.24) is 0 Å².